The highest BCUT2D eigenvalue weighted by atomic mass is 16.3. The van der Waals surface area contributed by atoms with Gasteiger partial charge in [-0.2, -0.15) is 0 Å². The maximum atomic E-state index is 5.09. The molecule has 92 valence electrons. The number of nitrogens with zero attached hydrogens (tertiary/aromatic N) is 1. The molecule has 1 N–H and O–H groups in total. The van der Waals surface area contributed by atoms with E-state index < -0.39 is 0 Å². The van der Waals surface area contributed by atoms with Gasteiger partial charge < -0.3 is 14.6 Å². The molecule has 0 radical (unpaired) electrons. The van der Waals surface area contributed by atoms with Crippen molar-refractivity contribution in [3.8, 4) is 0 Å². The Morgan fingerprint density at radius 3 is 2.50 bits per heavy atom. The molecule has 0 amide bonds. The van der Waals surface area contributed by atoms with E-state index in [1.165, 1.54) is 5.56 Å². The van der Waals surface area contributed by atoms with Gasteiger partial charge in [0.25, 0.3) is 0 Å². The Kier molecular flexibility index (Phi) is 5.56. The summed E-state index contributed by atoms with van der Waals surface area (Å²) in [5.41, 5.74) is 1.21. The van der Waals surface area contributed by atoms with E-state index in [2.05, 4.69) is 37.9 Å². The molecule has 0 spiro atoms. The van der Waals surface area contributed by atoms with E-state index in [9.17, 15) is 0 Å². The van der Waals surface area contributed by atoms with Crippen LogP contribution in [-0.4, -0.2) is 30.6 Å². The van der Waals surface area contributed by atoms with Gasteiger partial charge in [0, 0.05) is 24.2 Å². The average Bonchev–Trinajstić information content (AvgIpc) is 2.79. The summed E-state index contributed by atoms with van der Waals surface area (Å²) < 4.78 is 5.09. The van der Waals surface area contributed by atoms with Crippen molar-refractivity contribution < 1.29 is 4.42 Å². The minimum atomic E-state index is 0.351. The number of furan rings is 1. The highest BCUT2D eigenvalue weighted by Crippen LogP contribution is 2.13. The number of hydrogen-bond acceptors (Lipinski definition) is 3. The lowest BCUT2D eigenvalue weighted by molar-refractivity contribution is 0.263. The molecule has 2 unspecified atom stereocenters. The Labute approximate surface area is 98.8 Å². The van der Waals surface area contributed by atoms with Gasteiger partial charge in [0.2, 0.25) is 0 Å². The molecule has 0 bridgehead atoms. The van der Waals surface area contributed by atoms with Gasteiger partial charge in [0.15, 0.2) is 0 Å². The third kappa shape index (κ3) is 3.99. The fourth-order valence-corrected chi connectivity index (χ4v) is 1.97. The van der Waals surface area contributed by atoms with E-state index in [0.717, 1.165) is 19.6 Å². The van der Waals surface area contributed by atoms with Gasteiger partial charge in [-0.15, -0.1) is 0 Å². The Balaban J connectivity index is 2.36. The number of nitrogens with one attached hydrogen (secondary N) is 1. The van der Waals surface area contributed by atoms with Crippen LogP contribution in [0.15, 0.2) is 23.0 Å². The van der Waals surface area contributed by atoms with E-state index in [1.807, 2.05) is 12.3 Å². The second kappa shape index (κ2) is 6.71. The van der Waals surface area contributed by atoms with E-state index >= 15 is 0 Å². The lowest BCUT2D eigenvalue weighted by Crippen LogP contribution is -2.40. The summed E-state index contributed by atoms with van der Waals surface area (Å²) in [5, 5.41) is 3.58. The first-order valence-corrected chi connectivity index (χ1v) is 6.17. The minimum absolute atomic E-state index is 0.351. The molecule has 16 heavy (non-hydrogen) atoms. The smallest absolute Gasteiger partial charge is 0.0950 e. The first kappa shape index (κ1) is 13.3. The molecule has 0 saturated heterocycles. The van der Waals surface area contributed by atoms with Crippen molar-refractivity contribution in [3.05, 3.63) is 24.2 Å². The molecule has 1 rings (SSSR count). The Hall–Kier alpha value is -0.800. The molecule has 0 aliphatic heterocycles. The van der Waals surface area contributed by atoms with Gasteiger partial charge in [-0.1, -0.05) is 13.8 Å². The summed E-state index contributed by atoms with van der Waals surface area (Å²) in [6.07, 6.45) is 3.53. The molecule has 0 aliphatic rings. The summed E-state index contributed by atoms with van der Waals surface area (Å²) in [7, 11) is 0. The Bertz CT molecular complexity index is 267. The molecule has 0 aliphatic carbocycles. The molecule has 0 saturated carbocycles. The molecule has 1 aromatic heterocycles. The summed E-state index contributed by atoms with van der Waals surface area (Å²) in [4.78, 5) is 2.43. The minimum Gasteiger partial charge on any atom is -0.472 e. The first-order chi connectivity index (χ1) is 7.67. The summed E-state index contributed by atoms with van der Waals surface area (Å²) in [5.74, 6) is 0. The lowest BCUT2D eigenvalue weighted by Gasteiger charge is -2.25. The second-order valence-corrected chi connectivity index (χ2v) is 4.33. The van der Waals surface area contributed by atoms with Crippen molar-refractivity contribution >= 4 is 0 Å². The van der Waals surface area contributed by atoms with Gasteiger partial charge in [-0.25, -0.2) is 0 Å². The SMILES string of the molecule is CCN(CC)CC(C)NC(C)c1ccoc1. The third-order valence-corrected chi connectivity index (χ3v) is 3.00. The number of hydrogen-bond donors (Lipinski definition) is 1. The van der Waals surface area contributed by atoms with Crippen LogP contribution in [0.25, 0.3) is 0 Å². The van der Waals surface area contributed by atoms with Crippen LogP contribution in [0.1, 0.15) is 39.3 Å². The topological polar surface area (TPSA) is 28.4 Å². The van der Waals surface area contributed by atoms with Crippen LogP contribution in [0.2, 0.25) is 0 Å². The summed E-state index contributed by atoms with van der Waals surface area (Å²) in [6, 6.07) is 2.86. The third-order valence-electron chi connectivity index (χ3n) is 3.00. The summed E-state index contributed by atoms with van der Waals surface area (Å²) in [6.45, 7) is 12.1. The average molecular weight is 224 g/mol. The van der Waals surface area contributed by atoms with Crippen LogP contribution in [-0.2, 0) is 0 Å². The normalized spacial score (nSPS) is 15.3. The standard InChI is InChI=1S/C13H24N2O/c1-5-15(6-2)9-11(3)14-12(4)13-7-8-16-10-13/h7-8,10-12,14H,5-6,9H2,1-4H3. The van der Waals surface area contributed by atoms with Crippen molar-refractivity contribution in [2.75, 3.05) is 19.6 Å². The van der Waals surface area contributed by atoms with E-state index in [-0.39, 0.29) is 0 Å². The van der Waals surface area contributed by atoms with E-state index in [1.54, 1.807) is 6.26 Å². The van der Waals surface area contributed by atoms with Crippen LogP contribution in [0, 0.1) is 0 Å². The molecule has 0 aromatic carbocycles. The maximum Gasteiger partial charge on any atom is 0.0950 e. The van der Waals surface area contributed by atoms with Gasteiger partial charge in [-0.05, 0) is 33.0 Å². The maximum absolute atomic E-state index is 5.09. The predicted molar refractivity (Wildman–Crippen MR) is 67.5 cm³/mol. The molecule has 1 aromatic rings. The molecule has 1 heterocycles. The van der Waals surface area contributed by atoms with Gasteiger partial charge in [-0.3, -0.25) is 0 Å². The van der Waals surface area contributed by atoms with Crippen molar-refractivity contribution in [1.82, 2.24) is 10.2 Å². The lowest BCUT2D eigenvalue weighted by atomic mass is 10.1. The van der Waals surface area contributed by atoms with Gasteiger partial charge >= 0.3 is 0 Å². The predicted octanol–water partition coefficient (Wildman–Crippen LogP) is 2.66. The van der Waals surface area contributed by atoms with Crippen LogP contribution < -0.4 is 5.32 Å². The van der Waals surface area contributed by atoms with Crippen LogP contribution in [0.4, 0.5) is 0 Å². The van der Waals surface area contributed by atoms with Crippen molar-refractivity contribution in [2.45, 2.75) is 39.8 Å². The number of likely N-dealkylation sites (N-methyl/N-ethyl adjacent to an activating group) is 1. The second-order valence-electron chi connectivity index (χ2n) is 4.33. The fourth-order valence-electron chi connectivity index (χ4n) is 1.97. The van der Waals surface area contributed by atoms with E-state index in [0.29, 0.717) is 12.1 Å². The van der Waals surface area contributed by atoms with E-state index in [4.69, 9.17) is 4.42 Å². The highest BCUT2D eigenvalue weighted by molar-refractivity contribution is 5.10. The van der Waals surface area contributed by atoms with Crippen molar-refractivity contribution in [2.24, 2.45) is 0 Å². The zero-order valence-electron chi connectivity index (χ0n) is 10.9. The summed E-state index contributed by atoms with van der Waals surface area (Å²) >= 11 is 0. The number of rotatable bonds is 7. The quantitative estimate of drug-likeness (QED) is 0.772. The Morgan fingerprint density at radius 1 is 1.31 bits per heavy atom. The zero-order chi connectivity index (χ0) is 12.0. The van der Waals surface area contributed by atoms with Gasteiger partial charge in [0.05, 0.1) is 12.5 Å². The largest absolute Gasteiger partial charge is 0.472 e. The van der Waals surface area contributed by atoms with Gasteiger partial charge in [0.1, 0.15) is 0 Å². The molecular weight excluding hydrogens is 200 g/mol. The van der Waals surface area contributed by atoms with Crippen molar-refractivity contribution in [1.29, 1.82) is 0 Å². The first-order valence-electron chi connectivity index (χ1n) is 6.17. The molecule has 0 fully saturated rings. The molecule has 3 heteroatoms. The van der Waals surface area contributed by atoms with Crippen LogP contribution in [0.5, 0.6) is 0 Å². The molecule has 3 nitrogen and oxygen atoms in total. The molecular formula is C13H24N2O. The fraction of sp³-hybridized carbons (Fsp3) is 0.692. The van der Waals surface area contributed by atoms with Crippen LogP contribution >= 0.6 is 0 Å². The molecule has 2 atom stereocenters. The van der Waals surface area contributed by atoms with Crippen LogP contribution in [0.3, 0.4) is 0 Å². The monoisotopic (exact) mass is 224 g/mol. The highest BCUT2D eigenvalue weighted by Gasteiger charge is 2.12. The zero-order valence-corrected chi connectivity index (χ0v) is 10.9. The Morgan fingerprint density at radius 2 is 2.00 bits per heavy atom. The van der Waals surface area contributed by atoms with Crippen molar-refractivity contribution in [3.63, 3.8) is 0 Å².